The van der Waals surface area contributed by atoms with E-state index in [9.17, 15) is 4.79 Å². The Bertz CT molecular complexity index is 601. The van der Waals surface area contributed by atoms with E-state index in [0.717, 1.165) is 10.4 Å². The van der Waals surface area contributed by atoms with Crippen LogP contribution in [-0.2, 0) is 4.79 Å². The normalized spacial score (nSPS) is 13.8. The largest absolute Gasteiger partial charge is 0.348 e. The van der Waals surface area contributed by atoms with Crippen LogP contribution in [0.2, 0.25) is 10.0 Å². The summed E-state index contributed by atoms with van der Waals surface area (Å²) in [5.74, 6) is -0.231. The molecule has 0 aliphatic rings. The van der Waals surface area contributed by atoms with Gasteiger partial charge in [0.1, 0.15) is 6.04 Å². The number of hydrogen-bond acceptors (Lipinski definition) is 3. The molecule has 106 valence electrons. The molecule has 0 aliphatic carbocycles. The van der Waals surface area contributed by atoms with Gasteiger partial charge in [-0.3, -0.25) is 4.79 Å². The van der Waals surface area contributed by atoms with Crippen LogP contribution in [0.15, 0.2) is 35.7 Å². The average Bonchev–Trinajstić information content (AvgIpc) is 2.91. The number of nitrogens with two attached hydrogens (primary N) is 1. The molecule has 0 spiro atoms. The Kier molecular flexibility index (Phi) is 5.05. The Morgan fingerprint density at radius 1 is 1.35 bits per heavy atom. The fourth-order valence-electron chi connectivity index (χ4n) is 1.83. The number of rotatable bonds is 4. The van der Waals surface area contributed by atoms with Gasteiger partial charge in [-0.15, -0.1) is 11.3 Å². The third kappa shape index (κ3) is 3.52. The molecule has 2 rings (SSSR count). The average molecular weight is 329 g/mol. The molecule has 1 amide bonds. The van der Waals surface area contributed by atoms with Gasteiger partial charge in [-0.1, -0.05) is 35.3 Å². The van der Waals surface area contributed by atoms with Crippen molar-refractivity contribution in [1.29, 1.82) is 0 Å². The summed E-state index contributed by atoms with van der Waals surface area (Å²) in [6, 6.07) is 8.00. The lowest BCUT2D eigenvalue weighted by Gasteiger charge is -2.18. The van der Waals surface area contributed by atoms with Crippen molar-refractivity contribution < 1.29 is 4.79 Å². The number of amides is 1. The molecule has 1 heterocycles. The van der Waals surface area contributed by atoms with Crippen molar-refractivity contribution in [3.8, 4) is 0 Å². The number of nitrogens with one attached hydrogen (secondary N) is 1. The maximum absolute atomic E-state index is 12.1. The topological polar surface area (TPSA) is 55.1 Å². The zero-order valence-electron chi connectivity index (χ0n) is 10.8. The second-order valence-electron chi connectivity index (χ2n) is 4.39. The van der Waals surface area contributed by atoms with E-state index in [2.05, 4.69) is 5.32 Å². The molecule has 20 heavy (non-hydrogen) atoms. The lowest BCUT2D eigenvalue weighted by atomic mass is 10.1. The van der Waals surface area contributed by atoms with Gasteiger partial charge < -0.3 is 11.1 Å². The SMILES string of the molecule is CC(NC(=O)C(N)c1cccs1)c1ccc(Cl)cc1Cl. The Morgan fingerprint density at radius 2 is 2.10 bits per heavy atom. The van der Waals surface area contributed by atoms with Gasteiger partial charge in [-0.25, -0.2) is 0 Å². The van der Waals surface area contributed by atoms with Crippen molar-refractivity contribution in [2.24, 2.45) is 5.73 Å². The Balaban J connectivity index is 2.07. The molecule has 3 nitrogen and oxygen atoms in total. The summed E-state index contributed by atoms with van der Waals surface area (Å²) < 4.78 is 0. The highest BCUT2D eigenvalue weighted by Gasteiger charge is 2.20. The predicted octanol–water partition coefficient (Wildman–Crippen LogP) is 3.93. The minimum atomic E-state index is -0.663. The molecule has 2 atom stereocenters. The van der Waals surface area contributed by atoms with Crippen LogP contribution in [0.25, 0.3) is 0 Å². The Hall–Kier alpha value is -1.07. The van der Waals surface area contributed by atoms with Crippen LogP contribution in [0.3, 0.4) is 0 Å². The summed E-state index contributed by atoms with van der Waals surface area (Å²) >= 11 is 13.4. The fraction of sp³-hybridized carbons (Fsp3) is 0.214. The van der Waals surface area contributed by atoms with Gasteiger partial charge in [-0.05, 0) is 36.1 Å². The highest BCUT2D eigenvalue weighted by atomic mass is 35.5. The number of hydrogen-bond donors (Lipinski definition) is 2. The van der Waals surface area contributed by atoms with Crippen LogP contribution in [0, 0.1) is 0 Å². The van der Waals surface area contributed by atoms with E-state index in [1.54, 1.807) is 18.2 Å². The van der Waals surface area contributed by atoms with Gasteiger partial charge in [0.25, 0.3) is 0 Å². The van der Waals surface area contributed by atoms with Gasteiger partial charge in [0.15, 0.2) is 0 Å². The molecule has 0 saturated heterocycles. The minimum absolute atomic E-state index is 0.231. The summed E-state index contributed by atoms with van der Waals surface area (Å²) in [7, 11) is 0. The van der Waals surface area contributed by atoms with Crippen molar-refractivity contribution in [3.63, 3.8) is 0 Å². The first-order valence-corrected chi connectivity index (χ1v) is 7.67. The molecule has 0 aliphatic heterocycles. The quantitative estimate of drug-likeness (QED) is 0.893. The molecule has 0 saturated carbocycles. The molecule has 1 aromatic carbocycles. The lowest BCUT2D eigenvalue weighted by Crippen LogP contribution is -2.35. The van der Waals surface area contributed by atoms with Gasteiger partial charge >= 0.3 is 0 Å². The van der Waals surface area contributed by atoms with Crippen LogP contribution in [-0.4, -0.2) is 5.91 Å². The predicted molar refractivity (Wildman–Crippen MR) is 84.3 cm³/mol. The van der Waals surface area contributed by atoms with Crippen molar-refractivity contribution >= 4 is 40.4 Å². The van der Waals surface area contributed by atoms with Crippen LogP contribution in [0.1, 0.15) is 29.4 Å². The van der Waals surface area contributed by atoms with Crippen molar-refractivity contribution in [1.82, 2.24) is 5.32 Å². The molecule has 1 aromatic heterocycles. The van der Waals surface area contributed by atoms with Gasteiger partial charge in [0, 0.05) is 14.9 Å². The third-order valence-corrected chi connectivity index (χ3v) is 4.44. The van der Waals surface area contributed by atoms with Gasteiger partial charge in [0.2, 0.25) is 5.91 Å². The highest BCUT2D eigenvalue weighted by molar-refractivity contribution is 7.10. The molecule has 6 heteroatoms. The van der Waals surface area contributed by atoms with Crippen molar-refractivity contribution in [2.45, 2.75) is 19.0 Å². The third-order valence-electron chi connectivity index (χ3n) is 2.92. The van der Waals surface area contributed by atoms with Crippen LogP contribution in [0.5, 0.6) is 0 Å². The molecular weight excluding hydrogens is 315 g/mol. The number of halogens is 2. The molecule has 0 fully saturated rings. The van der Waals surface area contributed by atoms with E-state index in [-0.39, 0.29) is 11.9 Å². The number of carbonyl (C=O) groups excluding carboxylic acids is 1. The van der Waals surface area contributed by atoms with E-state index in [0.29, 0.717) is 10.0 Å². The van der Waals surface area contributed by atoms with Crippen LogP contribution < -0.4 is 11.1 Å². The number of carbonyl (C=O) groups is 1. The highest BCUT2D eigenvalue weighted by Crippen LogP contribution is 2.26. The monoisotopic (exact) mass is 328 g/mol. The second kappa shape index (κ2) is 6.59. The van der Waals surface area contributed by atoms with Gasteiger partial charge in [-0.2, -0.15) is 0 Å². The second-order valence-corrected chi connectivity index (χ2v) is 6.21. The summed E-state index contributed by atoms with van der Waals surface area (Å²) in [5, 5.41) is 5.84. The molecule has 0 bridgehead atoms. The first-order chi connectivity index (χ1) is 9.49. The number of benzene rings is 1. The summed E-state index contributed by atoms with van der Waals surface area (Å²) in [6.45, 7) is 1.86. The maximum Gasteiger partial charge on any atom is 0.242 e. The van der Waals surface area contributed by atoms with Crippen molar-refractivity contribution in [2.75, 3.05) is 0 Å². The van der Waals surface area contributed by atoms with Crippen molar-refractivity contribution in [3.05, 3.63) is 56.2 Å². The van der Waals surface area contributed by atoms with E-state index in [1.165, 1.54) is 11.3 Å². The Morgan fingerprint density at radius 3 is 2.70 bits per heavy atom. The fourth-order valence-corrected chi connectivity index (χ4v) is 3.13. The summed E-state index contributed by atoms with van der Waals surface area (Å²) in [6.07, 6.45) is 0. The minimum Gasteiger partial charge on any atom is -0.348 e. The summed E-state index contributed by atoms with van der Waals surface area (Å²) in [5.41, 5.74) is 6.72. The van der Waals surface area contributed by atoms with Gasteiger partial charge in [0.05, 0.1) is 6.04 Å². The van der Waals surface area contributed by atoms with E-state index in [4.69, 9.17) is 28.9 Å². The van der Waals surface area contributed by atoms with E-state index in [1.807, 2.05) is 24.4 Å². The van der Waals surface area contributed by atoms with E-state index < -0.39 is 6.04 Å². The maximum atomic E-state index is 12.1. The smallest absolute Gasteiger partial charge is 0.242 e. The zero-order valence-corrected chi connectivity index (χ0v) is 13.1. The molecule has 2 unspecified atom stereocenters. The van der Waals surface area contributed by atoms with E-state index >= 15 is 0 Å². The van der Waals surface area contributed by atoms with Crippen LogP contribution in [0.4, 0.5) is 0 Å². The molecular formula is C14H14Cl2N2OS. The van der Waals surface area contributed by atoms with Crippen LogP contribution >= 0.6 is 34.5 Å². The number of thiophene rings is 1. The Labute approximate surface area is 131 Å². The first kappa shape index (κ1) is 15.3. The summed E-state index contributed by atoms with van der Waals surface area (Å²) in [4.78, 5) is 12.9. The molecule has 0 radical (unpaired) electrons. The molecule has 3 N–H and O–H groups in total. The zero-order chi connectivity index (χ0) is 14.7. The standard InChI is InChI=1S/C14H14Cl2N2OS/c1-8(10-5-4-9(15)7-11(10)16)18-14(19)13(17)12-3-2-6-20-12/h2-8,13H,17H2,1H3,(H,18,19). The first-order valence-electron chi connectivity index (χ1n) is 6.03. The lowest BCUT2D eigenvalue weighted by molar-refractivity contribution is -0.123. The molecule has 2 aromatic rings.